The predicted octanol–water partition coefficient (Wildman–Crippen LogP) is 1.69. The molecule has 0 spiro atoms. The van der Waals surface area contributed by atoms with Crippen molar-refractivity contribution >= 4 is 15.8 Å². The van der Waals surface area contributed by atoms with Gasteiger partial charge < -0.3 is 15.0 Å². The Bertz CT molecular complexity index is 716. The lowest BCUT2D eigenvalue weighted by molar-refractivity contribution is -0.00830. The maximum Gasteiger partial charge on any atom is 0.193 e. The molecule has 140 valence electrons. The number of rotatable bonds is 5. The van der Waals surface area contributed by atoms with Gasteiger partial charge in [0.25, 0.3) is 0 Å². The summed E-state index contributed by atoms with van der Waals surface area (Å²) in [6.45, 7) is 6.94. The first kappa shape index (κ1) is 19.7. The van der Waals surface area contributed by atoms with Crippen LogP contribution in [0.1, 0.15) is 29.2 Å². The average Bonchev–Trinajstić information content (AvgIpc) is 2.54. The lowest BCUT2D eigenvalue weighted by Crippen LogP contribution is -2.48. The van der Waals surface area contributed by atoms with E-state index in [1.165, 1.54) is 22.9 Å². The highest BCUT2D eigenvalue weighted by atomic mass is 32.2. The topological polar surface area (TPSA) is 71.0 Å². The van der Waals surface area contributed by atoms with Crippen molar-refractivity contribution in [3.63, 3.8) is 0 Å². The fourth-order valence-corrected chi connectivity index (χ4v) is 3.75. The fraction of sp³-hybridized carbons (Fsp3) is 0.611. The molecule has 1 atom stereocenters. The number of hydrogen-bond acceptors (Lipinski definition) is 4. The molecule has 0 amide bonds. The van der Waals surface area contributed by atoms with Crippen molar-refractivity contribution in [2.75, 3.05) is 45.3 Å². The van der Waals surface area contributed by atoms with Crippen LogP contribution in [0.15, 0.2) is 23.2 Å². The Morgan fingerprint density at radius 3 is 2.80 bits per heavy atom. The van der Waals surface area contributed by atoms with Crippen molar-refractivity contribution in [2.24, 2.45) is 4.99 Å². The second-order valence-corrected chi connectivity index (χ2v) is 8.88. The minimum atomic E-state index is -2.92. The summed E-state index contributed by atoms with van der Waals surface area (Å²) in [5.74, 6) is 0.984. The number of morpholine rings is 1. The molecule has 0 aliphatic carbocycles. The third-order valence-electron chi connectivity index (χ3n) is 4.32. The fourth-order valence-electron chi connectivity index (χ4n) is 3.08. The summed E-state index contributed by atoms with van der Waals surface area (Å²) in [6.07, 6.45) is 1.85. The summed E-state index contributed by atoms with van der Waals surface area (Å²) >= 11 is 0. The van der Waals surface area contributed by atoms with E-state index in [1.807, 2.05) is 0 Å². The van der Waals surface area contributed by atoms with Gasteiger partial charge in [0, 0.05) is 26.4 Å². The van der Waals surface area contributed by atoms with Crippen LogP contribution in [0.25, 0.3) is 0 Å². The quantitative estimate of drug-likeness (QED) is 0.487. The maximum atomic E-state index is 11.2. The van der Waals surface area contributed by atoms with Crippen LogP contribution in [0.3, 0.4) is 0 Å². The maximum absolute atomic E-state index is 11.2. The molecule has 25 heavy (non-hydrogen) atoms. The molecular formula is C18H29N3O3S. The highest BCUT2D eigenvalue weighted by Gasteiger charge is 2.25. The first-order valence-corrected chi connectivity index (χ1v) is 10.7. The highest BCUT2D eigenvalue weighted by Crippen LogP contribution is 2.25. The number of sulfone groups is 1. The van der Waals surface area contributed by atoms with Crippen molar-refractivity contribution in [3.05, 3.63) is 34.9 Å². The van der Waals surface area contributed by atoms with Crippen LogP contribution in [-0.2, 0) is 14.6 Å². The summed E-state index contributed by atoms with van der Waals surface area (Å²) in [7, 11) is -1.17. The molecule has 1 aromatic carbocycles. The lowest BCUT2D eigenvalue weighted by Gasteiger charge is -2.35. The Hall–Kier alpha value is -1.60. The van der Waals surface area contributed by atoms with Gasteiger partial charge in [0.05, 0.1) is 18.9 Å². The molecule has 1 saturated heterocycles. The largest absolute Gasteiger partial charge is 0.370 e. The molecule has 6 nitrogen and oxygen atoms in total. The van der Waals surface area contributed by atoms with Gasteiger partial charge in [0.15, 0.2) is 5.96 Å². The van der Waals surface area contributed by atoms with Gasteiger partial charge in [-0.15, -0.1) is 0 Å². The minimum absolute atomic E-state index is 0.0175. The molecule has 0 bridgehead atoms. The normalized spacial score (nSPS) is 19.1. The third-order valence-corrected chi connectivity index (χ3v) is 5.36. The van der Waals surface area contributed by atoms with E-state index in [4.69, 9.17) is 4.74 Å². The molecule has 0 radical (unpaired) electrons. The van der Waals surface area contributed by atoms with Crippen molar-refractivity contribution in [3.8, 4) is 0 Å². The molecular weight excluding hydrogens is 338 g/mol. The summed E-state index contributed by atoms with van der Waals surface area (Å²) in [5, 5.41) is 3.26. The third kappa shape index (κ3) is 6.01. The van der Waals surface area contributed by atoms with Crippen molar-refractivity contribution < 1.29 is 13.2 Å². The van der Waals surface area contributed by atoms with E-state index < -0.39 is 9.84 Å². The minimum Gasteiger partial charge on any atom is -0.370 e. The Morgan fingerprint density at radius 2 is 2.16 bits per heavy atom. The van der Waals surface area contributed by atoms with Gasteiger partial charge in [-0.3, -0.25) is 4.99 Å². The monoisotopic (exact) mass is 367 g/mol. The number of hydrogen-bond donors (Lipinski definition) is 1. The Kier molecular flexibility index (Phi) is 6.84. The standard InChI is InChI=1S/C18H29N3O3S/c1-14-6-7-16(15(2)12-14)17-13-21(9-10-24-17)18(19-3)20-8-5-11-25(4,22)23/h6-7,12,17H,5,8-11,13H2,1-4H3,(H,19,20). The zero-order chi connectivity index (χ0) is 18.4. The second-order valence-electron chi connectivity index (χ2n) is 6.62. The van der Waals surface area contributed by atoms with E-state index in [0.717, 1.165) is 19.0 Å². The number of nitrogens with one attached hydrogen (secondary N) is 1. The lowest BCUT2D eigenvalue weighted by atomic mass is 10.00. The molecule has 2 rings (SSSR count). The van der Waals surface area contributed by atoms with Crippen LogP contribution < -0.4 is 5.32 Å². The van der Waals surface area contributed by atoms with E-state index >= 15 is 0 Å². The molecule has 1 heterocycles. The van der Waals surface area contributed by atoms with Crippen LogP contribution in [0, 0.1) is 13.8 Å². The summed E-state index contributed by atoms with van der Waals surface area (Å²) < 4.78 is 28.4. The van der Waals surface area contributed by atoms with Gasteiger partial charge >= 0.3 is 0 Å². The van der Waals surface area contributed by atoms with E-state index in [-0.39, 0.29) is 11.9 Å². The number of guanidine groups is 1. The second kappa shape index (κ2) is 8.67. The molecule has 1 aliphatic rings. The van der Waals surface area contributed by atoms with Crippen LogP contribution in [0.4, 0.5) is 0 Å². The van der Waals surface area contributed by atoms with Gasteiger partial charge in [0.1, 0.15) is 15.9 Å². The smallest absolute Gasteiger partial charge is 0.193 e. The van der Waals surface area contributed by atoms with Gasteiger partial charge in [-0.1, -0.05) is 23.8 Å². The zero-order valence-corrected chi connectivity index (χ0v) is 16.4. The van der Waals surface area contributed by atoms with Crippen molar-refractivity contribution in [2.45, 2.75) is 26.4 Å². The van der Waals surface area contributed by atoms with E-state index in [9.17, 15) is 8.42 Å². The van der Waals surface area contributed by atoms with Crippen LogP contribution in [0.5, 0.6) is 0 Å². The zero-order valence-electron chi connectivity index (χ0n) is 15.6. The molecule has 1 unspecified atom stereocenters. The first-order valence-electron chi connectivity index (χ1n) is 8.62. The molecule has 1 aromatic rings. The van der Waals surface area contributed by atoms with Gasteiger partial charge in [0.2, 0.25) is 0 Å². The number of benzene rings is 1. The Labute approximate surface area is 151 Å². The molecule has 7 heteroatoms. The molecule has 0 aromatic heterocycles. The van der Waals surface area contributed by atoms with Gasteiger partial charge in [-0.25, -0.2) is 8.42 Å². The van der Waals surface area contributed by atoms with E-state index in [0.29, 0.717) is 19.6 Å². The molecule has 0 saturated carbocycles. The number of aliphatic imine (C=N–C) groups is 1. The average molecular weight is 368 g/mol. The SMILES string of the molecule is CN=C(NCCCS(C)(=O)=O)N1CCOC(c2ccc(C)cc2C)C1. The summed E-state index contributed by atoms with van der Waals surface area (Å²) in [5.41, 5.74) is 3.70. The number of aryl methyl sites for hydroxylation is 2. The van der Waals surface area contributed by atoms with E-state index in [1.54, 1.807) is 7.05 Å². The summed E-state index contributed by atoms with van der Waals surface area (Å²) in [4.78, 5) is 6.51. The van der Waals surface area contributed by atoms with Gasteiger partial charge in [-0.2, -0.15) is 0 Å². The Balaban J connectivity index is 1.96. The van der Waals surface area contributed by atoms with Crippen LogP contribution >= 0.6 is 0 Å². The number of ether oxygens (including phenoxy) is 1. The molecule has 1 aliphatic heterocycles. The molecule has 1 fully saturated rings. The number of nitrogens with zero attached hydrogens (tertiary/aromatic N) is 2. The predicted molar refractivity (Wildman–Crippen MR) is 102 cm³/mol. The summed E-state index contributed by atoms with van der Waals surface area (Å²) in [6, 6.07) is 6.43. The Morgan fingerprint density at radius 1 is 1.40 bits per heavy atom. The molecule has 1 N–H and O–H groups in total. The van der Waals surface area contributed by atoms with Crippen LogP contribution in [0.2, 0.25) is 0 Å². The first-order chi connectivity index (χ1) is 11.8. The highest BCUT2D eigenvalue weighted by molar-refractivity contribution is 7.90. The van der Waals surface area contributed by atoms with Crippen molar-refractivity contribution in [1.82, 2.24) is 10.2 Å². The van der Waals surface area contributed by atoms with Crippen LogP contribution in [-0.4, -0.2) is 64.6 Å². The van der Waals surface area contributed by atoms with Crippen molar-refractivity contribution in [1.29, 1.82) is 0 Å². The van der Waals surface area contributed by atoms with Gasteiger partial charge in [-0.05, 0) is 31.4 Å². The van der Waals surface area contributed by atoms with E-state index in [2.05, 4.69) is 47.3 Å².